The van der Waals surface area contributed by atoms with Crippen LogP contribution in [0.4, 0.5) is 5.69 Å². The molecule has 0 unspecified atom stereocenters. The normalized spacial score (nSPS) is 13.0. The second-order valence-electron chi connectivity index (χ2n) is 5.97. The van der Waals surface area contributed by atoms with Gasteiger partial charge in [0.2, 0.25) is 5.76 Å². The average Bonchev–Trinajstić information content (AvgIpc) is 3.25. The van der Waals surface area contributed by atoms with Crippen LogP contribution in [0.1, 0.15) is 37.0 Å². The third-order valence-electron chi connectivity index (χ3n) is 4.21. The van der Waals surface area contributed by atoms with Gasteiger partial charge >= 0.3 is 5.97 Å². The minimum absolute atomic E-state index is 0.0284. The first-order valence-corrected chi connectivity index (χ1v) is 8.55. The van der Waals surface area contributed by atoms with E-state index < -0.39 is 17.8 Å². The number of nitrogens with zero attached hydrogens (tertiary/aromatic N) is 1. The summed E-state index contributed by atoms with van der Waals surface area (Å²) in [5.41, 5.74) is 1.02. The molecule has 2 aromatic carbocycles. The lowest BCUT2D eigenvalue weighted by atomic mass is 10.1. The summed E-state index contributed by atoms with van der Waals surface area (Å²) < 4.78 is 10.7. The highest BCUT2D eigenvalue weighted by Gasteiger charge is 2.36. The zero-order valence-electron chi connectivity index (χ0n) is 14.2. The van der Waals surface area contributed by atoms with Gasteiger partial charge in [-0.15, -0.1) is 0 Å². The van der Waals surface area contributed by atoms with Crippen LogP contribution in [0, 0.1) is 0 Å². The maximum Gasteiger partial charge on any atom is 0.371 e. The van der Waals surface area contributed by atoms with Crippen molar-refractivity contribution >= 4 is 35.1 Å². The molecule has 0 bridgehead atoms. The van der Waals surface area contributed by atoms with Crippen molar-refractivity contribution in [3.63, 3.8) is 0 Å². The van der Waals surface area contributed by atoms with Gasteiger partial charge in [-0.2, -0.15) is 0 Å². The van der Waals surface area contributed by atoms with Gasteiger partial charge in [0.05, 0.1) is 21.8 Å². The van der Waals surface area contributed by atoms with E-state index in [1.807, 2.05) is 0 Å². The Morgan fingerprint density at radius 1 is 1.04 bits per heavy atom. The van der Waals surface area contributed by atoms with Gasteiger partial charge in [0.15, 0.2) is 0 Å². The highest BCUT2D eigenvalue weighted by molar-refractivity contribution is 6.36. The summed E-state index contributed by atoms with van der Waals surface area (Å²) in [7, 11) is 0. The topological polar surface area (TPSA) is 97.0 Å². The van der Waals surface area contributed by atoms with Crippen molar-refractivity contribution in [3.8, 4) is 5.75 Å². The Hall–Kier alpha value is -3.58. The number of carboxylic acid groups (broad SMARTS) is 1. The predicted octanol–water partition coefficient (Wildman–Crippen LogP) is 4.01. The quantitative estimate of drug-likeness (QED) is 0.653. The van der Waals surface area contributed by atoms with E-state index in [0.717, 1.165) is 4.90 Å². The molecule has 140 valence electrons. The largest absolute Gasteiger partial charge is 0.484 e. The molecule has 2 heterocycles. The first kappa shape index (κ1) is 17.8. The van der Waals surface area contributed by atoms with Gasteiger partial charge in [0.25, 0.3) is 11.8 Å². The molecule has 7 nitrogen and oxygen atoms in total. The number of ether oxygens (including phenoxy) is 1. The Kier molecular flexibility index (Phi) is 4.37. The van der Waals surface area contributed by atoms with E-state index in [4.69, 9.17) is 25.9 Å². The van der Waals surface area contributed by atoms with Crippen molar-refractivity contribution in [2.45, 2.75) is 6.61 Å². The van der Waals surface area contributed by atoms with E-state index in [2.05, 4.69) is 0 Å². The van der Waals surface area contributed by atoms with E-state index in [1.165, 1.54) is 24.3 Å². The van der Waals surface area contributed by atoms with Crippen LogP contribution in [0.2, 0.25) is 5.02 Å². The van der Waals surface area contributed by atoms with E-state index in [1.54, 1.807) is 30.3 Å². The van der Waals surface area contributed by atoms with Crippen molar-refractivity contribution in [2.75, 3.05) is 4.90 Å². The molecule has 0 radical (unpaired) electrons. The number of amides is 2. The van der Waals surface area contributed by atoms with Crippen molar-refractivity contribution in [2.24, 2.45) is 0 Å². The summed E-state index contributed by atoms with van der Waals surface area (Å²) in [5, 5.41) is 9.05. The number of carboxylic acids is 1. The highest BCUT2D eigenvalue weighted by Crippen LogP contribution is 2.34. The number of fused-ring (bicyclic) bond motifs is 1. The van der Waals surface area contributed by atoms with Crippen LogP contribution in [-0.2, 0) is 6.61 Å². The highest BCUT2D eigenvalue weighted by atomic mass is 35.5. The van der Waals surface area contributed by atoms with Gasteiger partial charge in [0, 0.05) is 0 Å². The maximum atomic E-state index is 12.5. The fraction of sp³-hybridized carbons (Fsp3) is 0.0500. The molecule has 3 aromatic rings. The van der Waals surface area contributed by atoms with Gasteiger partial charge in [-0.05, 0) is 42.5 Å². The number of hydrogen-bond acceptors (Lipinski definition) is 5. The number of halogens is 1. The minimum atomic E-state index is -1.17. The van der Waals surface area contributed by atoms with Crippen LogP contribution in [0.15, 0.2) is 59.0 Å². The number of imide groups is 1. The fourth-order valence-electron chi connectivity index (χ4n) is 2.89. The Labute approximate surface area is 163 Å². The number of aromatic carboxylic acids is 1. The van der Waals surface area contributed by atoms with Crippen molar-refractivity contribution < 1.29 is 28.6 Å². The lowest BCUT2D eigenvalue weighted by molar-refractivity contribution is 0.0657. The number of rotatable bonds is 5. The number of carbonyl (C=O) groups is 3. The van der Waals surface area contributed by atoms with E-state index in [0.29, 0.717) is 28.3 Å². The number of carbonyl (C=O) groups excluding carboxylic acids is 2. The Balaban J connectivity index is 1.53. The number of furan rings is 1. The van der Waals surface area contributed by atoms with Gasteiger partial charge in [0.1, 0.15) is 18.1 Å². The van der Waals surface area contributed by atoms with Gasteiger partial charge < -0.3 is 14.3 Å². The molecule has 0 atom stereocenters. The minimum Gasteiger partial charge on any atom is -0.484 e. The first-order chi connectivity index (χ1) is 13.5. The summed E-state index contributed by atoms with van der Waals surface area (Å²) >= 11 is 6.24. The zero-order valence-corrected chi connectivity index (χ0v) is 15.0. The van der Waals surface area contributed by atoms with Crippen LogP contribution in [-0.4, -0.2) is 22.9 Å². The zero-order chi connectivity index (χ0) is 19.8. The number of hydrogen-bond donors (Lipinski definition) is 1. The second kappa shape index (κ2) is 6.86. The summed E-state index contributed by atoms with van der Waals surface area (Å²) in [6, 6.07) is 14.0. The van der Waals surface area contributed by atoms with Crippen molar-refractivity contribution in [1.29, 1.82) is 0 Å². The van der Waals surface area contributed by atoms with Crippen molar-refractivity contribution in [3.05, 3.63) is 82.3 Å². The lowest BCUT2D eigenvalue weighted by Gasteiger charge is -2.15. The fourth-order valence-corrected chi connectivity index (χ4v) is 3.12. The summed E-state index contributed by atoms with van der Waals surface area (Å²) in [4.78, 5) is 37.0. The number of anilines is 1. The molecule has 0 saturated heterocycles. The molecule has 0 saturated carbocycles. The second-order valence-corrected chi connectivity index (χ2v) is 6.37. The molecule has 1 aliphatic rings. The smallest absolute Gasteiger partial charge is 0.371 e. The van der Waals surface area contributed by atoms with Crippen LogP contribution in [0.5, 0.6) is 5.75 Å². The predicted molar refractivity (Wildman–Crippen MR) is 99.0 cm³/mol. The molecular weight excluding hydrogens is 386 g/mol. The maximum absolute atomic E-state index is 12.5. The van der Waals surface area contributed by atoms with Crippen LogP contribution in [0.25, 0.3) is 0 Å². The summed E-state index contributed by atoms with van der Waals surface area (Å²) in [5.74, 6) is -1.57. The van der Waals surface area contributed by atoms with Crippen molar-refractivity contribution in [1.82, 2.24) is 0 Å². The molecule has 8 heteroatoms. The standard InChI is InChI=1S/C20H12ClNO6/c21-15-9-11(22-18(23)13-3-1-2-4-14(13)19(22)24)5-7-16(15)27-10-12-6-8-17(28-12)20(25)26/h1-9H,10H2,(H,25,26). The Morgan fingerprint density at radius 2 is 1.71 bits per heavy atom. The van der Waals surface area contributed by atoms with Gasteiger partial charge in [-0.25, -0.2) is 9.69 Å². The van der Waals surface area contributed by atoms with Crippen LogP contribution >= 0.6 is 11.6 Å². The molecule has 1 aliphatic heterocycles. The molecule has 0 aliphatic carbocycles. The molecule has 28 heavy (non-hydrogen) atoms. The van der Waals surface area contributed by atoms with E-state index >= 15 is 0 Å². The SMILES string of the molecule is O=C(O)c1ccc(COc2ccc(N3C(=O)c4ccccc4C3=O)cc2Cl)o1. The molecule has 0 spiro atoms. The van der Waals surface area contributed by atoms with Crippen LogP contribution in [0.3, 0.4) is 0 Å². The first-order valence-electron chi connectivity index (χ1n) is 8.18. The molecule has 0 fully saturated rings. The molecule has 2 amide bonds. The summed E-state index contributed by atoms with van der Waals surface area (Å²) in [6.45, 7) is -0.0284. The molecular formula is C20H12ClNO6. The molecule has 4 rings (SSSR count). The Morgan fingerprint density at radius 3 is 2.29 bits per heavy atom. The van der Waals surface area contributed by atoms with Gasteiger partial charge in [-0.1, -0.05) is 23.7 Å². The lowest BCUT2D eigenvalue weighted by Crippen LogP contribution is -2.29. The van der Waals surface area contributed by atoms with Gasteiger partial charge in [-0.3, -0.25) is 9.59 Å². The average molecular weight is 398 g/mol. The monoisotopic (exact) mass is 397 g/mol. The third-order valence-corrected chi connectivity index (χ3v) is 4.51. The number of benzene rings is 2. The summed E-state index contributed by atoms with van der Waals surface area (Å²) in [6.07, 6.45) is 0. The molecule has 1 aromatic heterocycles. The Bertz CT molecular complexity index is 1080. The van der Waals surface area contributed by atoms with E-state index in [-0.39, 0.29) is 17.4 Å². The molecule has 1 N–H and O–H groups in total. The van der Waals surface area contributed by atoms with E-state index in [9.17, 15) is 14.4 Å². The van der Waals surface area contributed by atoms with Crippen LogP contribution < -0.4 is 9.64 Å². The third kappa shape index (κ3) is 3.01.